The Kier molecular flexibility index (Phi) is 5.90. The van der Waals surface area contributed by atoms with Crippen molar-refractivity contribution in [1.82, 2.24) is 9.97 Å². The van der Waals surface area contributed by atoms with Gasteiger partial charge in [-0.3, -0.25) is 9.59 Å². The fourth-order valence-electron chi connectivity index (χ4n) is 4.12. The summed E-state index contributed by atoms with van der Waals surface area (Å²) >= 11 is 3.34. The van der Waals surface area contributed by atoms with Crippen LogP contribution in [-0.2, 0) is 22.4 Å². The van der Waals surface area contributed by atoms with E-state index in [-0.39, 0.29) is 11.8 Å². The lowest BCUT2D eigenvalue weighted by atomic mass is 9.89. The first-order chi connectivity index (χ1) is 15.5. The SMILES string of the molecule is CC(=O)Nc1ccc(NC(=O)CSc2nc(C3CC3)nc3sc4c(c23)CCC(C)C4)cc1. The molecule has 8 heteroatoms. The molecule has 1 aromatic carbocycles. The Bertz CT molecular complexity index is 1180. The molecular formula is C24H26N4O2S2. The van der Waals surface area contributed by atoms with Crippen LogP contribution in [0.2, 0.25) is 0 Å². The molecule has 2 N–H and O–H groups in total. The lowest BCUT2D eigenvalue weighted by molar-refractivity contribution is -0.114. The first-order valence-corrected chi connectivity index (χ1v) is 12.9. The highest BCUT2D eigenvalue weighted by Crippen LogP contribution is 2.44. The summed E-state index contributed by atoms with van der Waals surface area (Å²) in [5.41, 5.74) is 2.82. The minimum absolute atomic E-state index is 0.0697. The molecule has 2 heterocycles. The molecular weight excluding hydrogens is 440 g/mol. The second-order valence-electron chi connectivity index (χ2n) is 8.79. The molecule has 0 aliphatic heterocycles. The van der Waals surface area contributed by atoms with Crippen molar-refractivity contribution in [2.24, 2.45) is 5.92 Å². The minimum atomic E-state index is -0.120. The Morgan fingerprint density at radius 3 is 2.50 bits per heavy atom. The van der Waals surface area contributed by atoms with Gasteiger partial charge in [0.2, 0.25) is 11.8 Å². The minimum Gasteiger partial charge on any atom is -0.326 e. The van der Waals surface area contributed by atoms with Crippen molar-refractivity contribution in [2.75, 3.05) is 16.4 Å². The predicted molar refractivity (Wildman–Crippen MR) is 131 cm³/mol. The van der Waals surface area contributed by atoms with Gasteiger partial charge < -0.3 is 10.6 Å². The van der Waals surface area contributed by atoms with Crippen LogP contribution < -0.4 is 10.6 Å². The van der Waals surface area contributed by atoms with Crippen LogP contribution in [0.4, 0.5) is 11.4 Å². The van der Waals surface area contributed by atoms with Gasteiger partial charge in [0.15, 0.2) is 0 Å². The summed E-state index contributed by atoms with van der Waals surface area (Å²) in [5.74, 6) is 2.24. The third kappa shape index (κ3) is 4.66. The number of aryl methyl sites for hydroxylation is 1. The Morgan fingerprint density at radius 1 is 1.09 bits per heavy atom. The van der Waals surface area contributed by atoms with Gasteiger partial charge in [-0.2, -0.15) is 0 Å². The Labute approximate surface area is 195 Å². The number of thiophene rings is 1. The molecule has 0 radical (unpaired) electrons. The molecule has 166 valence electrons. The largest absolute Gasteiger partial charge is 0.326 e. The van der Waals surface area contributed by atoms with E-state index >= 15 is 0 Å². The fourth-order valence-corrected chi connectivity index (χ4v) is 6.44. The molecule has 0 bridgehead atoms. The molecule has 32 heavy (non-hydrogen) atoms. The van der Waals surface area contributed by atoms with Gasteiger partial charge in [-0.15, -0.1) is 11.3 Å². The van der Waals surface area contributed by atoms with Crippen molar-refractivity contribution in [2.45, 2.75) is 56.9 Å². The van der Waals surface area contributed by atoms with E-state index in [9.17, 15) is 9.59 Å². The summed E-state index contributed by atoms with van der Waals surface area (Å²) in [4.78, 5) is 36.2. The number of aromatic nitrogens is 2. The predicted octanol–water partition coefficient (Wildman–Crippen LogP) is 5.38. The standard InChI is InChI=1S/C24H26N4O2S2/c1-13-3-10-18-19(11-13)32-24-21(18)23(27-22(28-24)15-4-5-15)31-12-20(30)26-17-8-6-16(7-9-17)25-14(2)29/h6-9,13,15H,3-5,10-12H2,1-2H3,(H,25,29)(H,26,30). The van der Waals surface area contributed by atoms with Crippen LogP contribution in [0.15, 0.2) is 29.3 Å². The van der Waals surface area contributed by atoms with Gasteiger partial charge in [0.05, 0.1) is 5.75 Å². The van der Waals surface area contributed by atoms with E-state index in [1.54, 1.807) is 24.3 Å². The van der Waals surface area contributed by atoms with Gasteiger partial charge in [0.25, 0.3) is 0 Å². The summed E-state index contributed by atoms with van der Waals surface area (Å²) in [5, 5.41) is 7.80. The first-order valence-electron chi connectivity index (χ1n) is 11.1. The number of thioether (sulfide) groups is 1. The number of rotatable bonds is 6. The second-order valence-corrected chi connectivity index (χ2v) is 10.8. The molecule has 2 aliphatic carbocycles. The van der Waals surface area contributed by atoms with Crippen LogP contribution in [0.3, 0.4) is 0 Å². The number of fused-ring (bicyclic) bond motifs is 3. The molecule has 1 unspecified atom stereocenters. The van der Waals surface area contributed by atoms with Gasteiger partial charge in [0.1, 0.15) is 15.7 Å². The summed E-state index contributed by atoms with van der Waals surface area (Å²) in [7, 11) is 0. The van der Waals surface area contributed by atoms with Crippen molar-refractivity contribution >= 4 is 56.5 Å². The van der Waals surface area contributed by atoms with Crippen molar-refractivity contribution in [1.29, 1.82) is 0 Å². The maximum Gasteiger partial charge on any atom is 0.234 e. The van der Waals surface area contributed by atoms with E-state index in [0.717, 1.165) is 41.4 Å². The van der Waals surface area contributed by atoms with E-state index in [1.807, 2.05) is 11.3 Å². The molecule has 2 aliphatic rings. The average molecular weight is 467 g/mol. The zero-order chi connectivity index (χ0) is 22.2. The second kappa shape index (κ2) is 8.83. The lowest BCUT2D eigenvalue weighted by Crippen LogP contribution is -2.14. The van der Waals surface area contributed by atoms with E-state index in [2.05, 4.69) is 17.6 Å². The quantitative estimate of drug-likeness (QED) is 0.376. The Hall–Kier alpha value is -2.45. The van der Waals surface area contributed by atoms with E-state index in [1.165, 1.54) is 40.9 Å². The van der Waals surface area contributed by atoms with E-state index in [0.29, 0.717) is 29.0 Å². The van der Waals surface area contributed by atoms with Crippen LogP contribution >= 0.6 is 23.1 Å². The summed E-state index contributed by atoms with van der Waals surface area (Å²) < 4.78 is 0. The maximum absolute atomic E-state index is 12.6. The Morgan fingerprint density at radius 2 is 1.81 bits per heavy atom. The zero-order valence-corrected chi connectivity index (χ0v) is 19.9. The van der Waals surface area contributed by atoms with Crippen LogP contribution in [0.1, 0.15) is 55.3 Å². The smallest absolute Gasteiger partial charge is 0.234 e. The molecule has 1 saturated carbocycles. The van der Waals surface area contributed by atoms with Gasteiger partial charge in [0, 0.05) is 34.5 Å². The molecule has 3 aromatic rings. The molecule has 2 amide bonds. The van der Waals surface area contributed by atoms with Crippen molar-refractivity contribution in [3.05, 3.63) is 40.5 Å². The van der Waals surface area contributed by atoms with Crippen LogP contribution in [0, 0.1) is 5.92 Å². The van der Waals surface area contributed by atoms with Gasteiger partial charge in [-0.1, -0.05) is 18.7 Å². The average Bonchev–Trinajstić information content (AvgIpc) is 3.54. The number of anilines is 2. The molecule has 5 rings (SSSR count). The topological polar surface area (TPSA) is 84.0 Å². The number of nitrogens with zero attached hydrogens (tertiary/aromatic N) is 2. The summed E-state index contributed by atoms with van der Waals surface area (Å²) in [6, 6.07) is 7.13. The zero-order valence-electron chi connectivity index (χ0n) is 18.2. The number of carbonyl (C=O) groups excluding carboxylic acids is 2. The number of carbonyl (C=O) groups is 2. The van der Waals surface area contributed by atoms with Gasteiger partial charge >= 0.3 is 0 Å². The molecule has 1 atom stereocenters. The highest BCUT2D eigenvalue weighted by Gasteiger charge is 2.30. The van der Waals surface area contributed by atoms with Crippen molar-refractivity contribution < 1.29 is 9.59 Å². The van der Waals surface area contributed by atoms with Crippen LogP contribution in [0.5, 0.6) is 0 Å². The maximum atomic E-state index is 12.6. The van der Waals surface area contributed by atoms with Crippen LogP contribution in [0.25, 0.3) is 10.2 Å². The number of benzene rings is 1. The van der Waals surface area contributed by atoms with Crippen LogP contribution in [-0.4, -0.2) is 27.5 Å². The monoisotopic (exact) mass is 466 g/mol. The lowest BCUT2D eigenvalue weighted by Gasteiger charge is -2.18. The third-order valence-corrected chi connectivity index (χ3v) is 8.03. The van der Waals surface area contributed by atoms with Gasteiger partial charge in [-0.25, -0.2) is 9.97 Å². The molecule has 6 nitrogen and oxygen atoms in total. The number of nitrogens with one attached hydrogen (secondary N) is 2. The first kappa shape index (κ1) is 21.4. The Balaban J connectivity index is 1.33. The third-order valence-electron chi connectivity index (χ3n) is 5.91. The summed E-state index contributed by atoms with van der Waals surface area (Å²) in [6.07, 6.45) is 5.71. The molecule has 0 saturated heterocycles. The fraction of sp³-hybridized carbons (Fsp3) is 0.417. The van der Waals surface area contributed by atoms with E-state index in [4.69, 9.17) is 9.97 Å². The highest BCUT2D eigenvalue weighted by atomic mass is 32.2. The molecule has 2 aromatic heterocycles. The normalized spacial score (nSPS) is 17.8. The van der Waals surface area contributed by atoms with Crippen molar-refractivity contribution in [3.63, 3.8) is 0 Å². The van der Waals surface area contributed by atoms with Gasteiger partial charge in [-0.05, 0) is 67.9 Å². The number of hydrogen-bond donors (Lipinski definition) is 2. The molecule has 1 fully saturated rings. The number of amides is 2. The number of hydrogen-bond acceptors (Lipinski definition) is 6. The molecule has 0 spiro atoms. The highest BCUT2D eigenvalue weighted by molar-refractivity contribution is 8.00. The summed E-state index contributed by atoms with van der Waals surface area (Å²) in [6.45, 7) is 3.79. The van der Waals surface area contributed by atoms with Crippen molar-refractivity contribution in [3.8, 4) is 0 Å². The van der Waals surface area contributed by atoms with E-state index < -0.39 is 0 Å².